The zero-order valence-corrected chi connectivity index (χ0v) is 13.9. The molecule has 0 spiro atoms. The Bertz CT molecular complexity index is 518. The molecule has 3 nitrogen and oxygen atoms in total. The molecule has 0 amide bonds. The molecule has 2 aliphatic rings. The predicted octanol–water partition coefficient (Wildman–Crippen LogP) is 4.57. The summed E-state index contributed by atoms with van der Waals surface area (Å²) < 4.78 is 0.779. The lowest BCUT2D eigenvalue weighted by Gasteiger charge is -2.49. The van der Waals surface area contributed by atoms with Crippen molar-refractivity contribution in [3.63, 3.8) is 0 Å². The number of hydrogen-bond donors (Lipinski definition) is 1. The minimum absolute atomic E-state index is 0.126. The third-order valence-electron chi connectivity index (χ3n) is 5.23. The summed E-state index contributed by atoms with van der Waals surface area (Å²) >= 11 is 7.59. The summed E-state index contributed by atoms with van der Waals surface area (Å²) in [4.78, 5) is 14.0. The van der Waals surface area contributed by atoms with Crippen molar-refractivity contribution in [2.75, 3.05) is 0 Å². The summed E-state index contributed by atoms with van der Waals surface area (Å²) in [5.74, 6) is -0.00175. The van der Waals surface area contributed by atoms with E-state index in [4.69, 9.17) is 11.6 Å². The third kappa shape index (κ3) is 2.99. The second-order valence-electron chi connectivity index (χ2n) is 6.35. The number of piperidine rings is 1. The summed E-state index contributed by atoms with van der Waals surface area (Å²) in [6, 6.07) is 2.18. The second-order valence-corrected chi connectivity index (χ2v) is 7.89. The van der Waals surface area contributed by atoms with E-state index in [9.17, 15) is 9.90 Å². The first-order valence-corrected chi connectivity index (χ1v) is 9.08. The molecule has 3 rings (SSSR count). The zero-order chi connectivity index (χ0) is 15.0. The Morgan fingerprint density at radius 1 is 1.38 bits per heavy atom. The maximum Gasteiger partial charge on any atom is 0.320 e. The van der Waals surface area contributed by atoms with Gasteiger partial charge < -0.3 is 5.11 Å². The number of carboxylic acid groups (broad SMARTS) is 1. The van der Waals surface area contributed by atoms with Crippen molar-refractivity contribution in [1.29, 1.82) is 0 Å². The van der Waals surface area contributed by atoms with Gasteiger partial charge in [0.05, 0.1) is 4.34 Å². The summed E-state index contributed by atoms with van der Waals surface area (Å²) in [6.45, 7) is 2.13. The Labute approximate surface area is 134 Å². The summed E-state index contributed by atoms with van der Waals surface area (Å²) in [5, 5.41) is 11.7. The van der Waals surface area contributed by atoms with E-state index in [0.717, 1.165) is 29.2 Å². The van der Waals surface area contributed by atoms with Crippen LogP contribution in [0.3, 0.4) is 0 Å². The minimum Gasteiger partial charge on any atom is -0.480 e. The topological polar surface area (TPSA) is 40.5 Å². The Hall–Kier alpha value is -0.580. The van der Waals surface area contributed by atoms with Crippen molar-refractivity contribution >= 4 is 28.9 Å². The molecule has 0 aromatic carbocycles. The van der Waals surface area contributed by atoms with Gasteiger partial charge in [0.2, 0.25) is 0 Å². The first-order chi connectivity index (χ1) is 10.1. The molecule has 1 aliphatic carbocycles. The predicted molar refractivity (Wildman–Crippen MR) is 86.0 cm³/mol. The van der Waals surface area contributed by atoms with E-state index >= 15 is 0 Å². The molecule has 4 atom stereocenters. The molecule has 1 saturated carbocycles. The SMILES string of the molecule is CC(c1csc(Cl)c1)N1C(C(=O)O)CCC2CCCCC21. The number of halogens is 1. The van der Waals surface area contributed by atoms with Gasteiger partial charge in [-0.25, -0.2) is 0 Å². The fourth-order valence-electron chi connectivity index (χ4n) is 4.19. The van der Waals surface area contributed by atoms with Crippen LogP contribution in [0, 0.1) is 5.92 Å². The van der Waals surface area contributed by atoms with E-state index in [1.54, 1.807) is 0 Å². The van der Waals surface area contributed by atoms with Crippen LogP contribution in [0.2, 0.25) is 4.34 Å². The lowest BCUT2D eigenvalue weighted by atomic mass is 9.75. The van der Waals surface area contributed by atoms with Crippen LogP contribution in [0.15, 0.2) is 11.4 Å². The highest BCUT2D eigenvalue weighted by atomic mass is 35.5. The lowest BCUT2D eigenvalue weighted by molar-refractivity contribution is -0.150. The van der Waals surface area contributed by atoms with Gasteiger partial charge in [-0.3, -0.25) is 9.69 Å². The van der Waals surface area contributed by atoms with Crippen LogP contribution >= 0.6 is 22.9 Å². The van der Waals surface area contributed by atoms with Crippen LogP contribution in [0.25, 0.3) is 0 Å². The Morgan fingerprint density at radius 2 is 2.14 bits per heavy atom. The van der Waals surface area contributed by atoms with Crippen molar-refractivity contribution in [2.45, 2.75) is 63.6 Å². The van der Waals surface area contributed by atoms with Crippen molar-refractivity contribution < 1.29 is 9.90 Å². The van der Waals surface area contributed by atoms with E-state index in [0.29, 0.717) is 12.0 Å². The Kier molecular flexibility index (Phi) is 4.57. The van der Waals surface area contributed by atoms with E-state index in [2.05, 4.69) is 17.2 Å². The maximum absolute atomic E-state index is 11.7. The van der Waals surface area contributed by atoms with Crippen LogP contribution in [0.1, 0.15) is 57.1 Å². The fraction of sp³-hybridized carbons (Fsp3) is 0.688. The lowest BCUT2D eigenvalue weighted by Crippen LogP contribution is -2.55. The number of fused-ring (bicyclic) bond motifs is 1. The molecule has 2 heterocycles. The normalized spacial score (nSPS) is 31.6. The molecule has 116 valence electrons. The number of hydrogen-bond acceptors (Lipinski definition) is 3. The van der Waals surface area contributed by atoms with Gasteiger partial charge in [0, 0.05) is 12.1 Å². The minimum atomic E-state index is -0.674. The van der Waals surface area contributed by atoms with Gasteiger partial charge in [0.15, 0.2) is 0 Å². The van der Waals surface area contributed by atoms with E-state index in [-0.39, 0.29) is 12.1 Å². The molecule has 5 heteroatoms. The fourth-order valence-corrected chi connectivity index (χ4v) is 5.17. The van der Waals surface area contributed by atoms with Crippen LogP contribution < -0.4 is 0 Å². The highest BCUT2D eigenvalue weighted by Crippen LogP contribution is 2.42. The molecule has 1 aromatic heterocycles. The molecular formula is C16H22ClNO2S. The molecule has 0 radical (unpaired) electrons. The standard InChI is InChI=1S/C16H22ClNO2S/c1-10(12-8-15(17)21-9-12)18-13-5-3-2-4-11(13)6-7-14(18)16(19)20/h8-11,13-14H,2-7H2,1H3,(H,19,20). The quantitative estimate of drug-likeness (QED) is 0.884. The van der Waals surface area contributed by atoms with Crippen molar-refractivity contribution in [1.82, 2.24) is 4.90 Å². The van der Waals surface area contributed by atoms with E-state index in [1.165, 1.54) is 30.6 Å². The first kappa shape index (κ1) is 15.3. The average molecular weight is 328 g/mol. The van der Waals surface area contributed by atoms with Gasteiger partial charge in [-0.2, -0.15) is 0 Å². The molecule has 1 aromatic rings. The van der Waals surface area contributed by atoms with Crippen molar-refractivity contribution in [2.24, 2.45) is 5.92 Å². The molecule has 4 unspecified atom stereocenters. The number of thiophene rings is 1. The van der Waals surface area contributed by atoms with Crippen molar-refractivity contribution in [3.8, 4) is 0 Å². The third-order valence-corrected chi connectivity index (χ3v) is 6.33. The number of likely N-dealkylation sites (tertiary alicyclic amines) is 1. The summed E-state index contributed by atoms with van der Waals surface area (Å²) in [7, 11) is 0. The molecular weight excluding hydrogens is 306 g/mol. The smallest absolute Gasteiger partial charge is 0.320 e. The van der Waals surface area contributed by atoms with Crippen LogP contribution in [-0.4, -0.2) is 28.1 Å². The van der Waals surface area contributed by atoms with Gasteiger partial charge in [-0.1, -0.05) is 24.4 Å². The number of nitrogens with zero attached hydrogens (tertiary/aromatic N) is 1. The first-order valence-electron chi connectivity index (χ1n) is 7.82. The average Bonchev–Trinajstić information content (AvgIpc) is 2.91. The molecule has 1 saturated heterocycles. The number of carboxylic acids is 1. The Balaban J connectivity index is 1.90. The number of rotatable bonds is 3. The molecule has 1 N–H and O–H groups in total. The van der Waals surface area contributed by atoms with E-state index < -0.39 is 5.97 Å². The van der Waals surface area contributed by atoms with E-state index in [1.807, 2.05) is 6.07 Å². The summed E-state index contributed by atoms with van der Waals surface area (Å²) in [5.41, 5.74) is 1.16. The van der Waals surface area contributed by atoms with Gasteiger partial charge in [-0.15, -0.1) is 11.3 Å². The zero-order valence-electron chi connectivity index (χ0n) is 12.3. The molecule has 2 fully saturated rings. The van der Waals surface area contributed by atoms with Gasteiger partial charge in [-0.05, 0) is 55.5 Å². The summed E-state index contributed by atoms with van der Waals surface area (Å²) in [6.07, 6.45) is 6.75. The highest BCUT2D eigenvalue weighted by Gasteiger charge is 2.43. The maximum atomic E-state index is 11.7. The largest absolute Gasteiger partial charge is 0.480 e. The Morgan fingerprint density at radius 3 is 2.81 bits per heavy atom. The second kappa shape index (κ2) is 6.27. The molecule has 1 aliphatic heterocycles. The number of aliphatic carboxylic acids is 1. The van der Waals surface area contributed by atoms with Crippen LogP contribution in [0.5, 0.6) is 0 Å². The molecule has 0 bridgehead atoms. The number of carbonyl (C=O) groups is 1. The van der Waals surface area contributed by atoms with Crippen LogP contribution in [-0.2, 0) is 4.79 Å². The monoisotopic (exact) mass is 327 g/mol. The van der Waals surface area contributed by atoms with Crippen molar-refractivity contribution in [3.05, 3.63) is 21.3 Å². The van der Waals surface area contributed by atoms with Crippen LogP contribution in [0.4, 0.5) is 0 Å². The molecule has 21 heavy (non-hydrogen) atoms. The van der Waals surface area contributed by atoms with Gasteiger partial charge >= 0.3 is 5.97 Å². The van der Waals surface area contributed by atoms with Gasteiger partial charge in [0.25, 0.3) is 0 Å². The van der Waals surface area contributed by atoms with Gasteiger partial charge in [0.1, 0.15) is 6.04 Å². The highest BCUT2D eigenvalue weighted by molar-refractivity contribution is 7.14.